The number of ether oxygens (including phenoxy) is 1. The molecule has 3 nitrogen and oxygen atoms in total. The summed E-state index contributed by atoms with van der Waals surface area (Å²) >= 11 is 5.11. The van der Waals surface area contributed by atoms with Gasteiger partial charge in [0.25, 0.3) is 0 Å². The van der Waals surface area contributed by atoms with Crippen LogP contribution in [0.15, 0.2) is 24.4 Å². The van der Waals surface area contributed by atoms with Gasteiger partial charge in [-0.3, -0.25) is 4.98 Å². The molecule has 2 heterocycles. The highest BCUT2D eigenvalue weighted by atomic mass is 79.9. The molecule has 0 unspecified atom stereocenters. The first kappa shape index (κ1) is 11.7. The summed E-state index contributed by atoms with van der Waals surface area (Å²) in [6, 6.07) is 5.83. The van der Waals surface area contributed by atoms with Gasteiger partial charge in [-0.15, -0.1) is 11.3 Å². The fourth-order valence-corrected chi connectivity index (χ4v) is 2.89. The third-order valence-electron chi connectivity index (χ3n) is 2.06. The van der Waals surface area contributed by atoms with Crippen molar-refractivity contribution in [1.29, 1.82) is 0 Å². The van der Waals surface area contributed by atoms with Crippen LogP contribution >= 0.6 is 27.3 Å². The summed E-state index contributed by atoms with van der Waals surface area (Å²) in [4.78, 5) is 10.0. The fourth-order valence-electron chi connectivity index (χ4n) is 1.34. The normalized spacial score (nSPS) is 10.6. The SMILES string of the molecule is COCc1nc(-c2ccccn2)sc1CBr. The molecule has 2 aromatic rings. The minimum absolute atomic E-state index is 0.546. The molecule has 16 heavy (non-hydrogen) atoms. The molecule has 84 valence electrons. The number of hydrogen-bond donors (Lipinski definition) is 0. The number of pyridine rings is 1. The van der Waals surface area contributed by atoms with Crippen LogP contribution in [0.3, 0.4) is 0 Å². The lowest BCUT2D eigenvalue weighted by atomic mass is 10.3. The number of nitrogens with zero attached hydrogens (tertiary/aromatic N) is 2. The van der Waals surface area contributed by atoms with Crippen LogP contribution in [0.25, 0.3) is 10.7 Å². The van der Waals surface area contributed by atoms with Gasteiger partial charge >= 0.3 is 0 Å². The first-order valence-corrected chi connectivity index (χ1v) is 6.74. The van der Waals surface area contributed by atoms with Crippen molar-refractivity contribution in [3.8, 4) is 10.7 Å². The Kier molecular flexibility index (Phi) is 4.04. The molecule has 0 spiro atoms. The number of methoxy groups -OCH3 is 1. The van der Waals surface area contributed by atoms with Gasteiger partial charge in [-0.2, -0.15) is 0 Å². The molecular formula is C11H11BrN2OS. The second-order valence-electron chi connectivity index (χ2n) is 3.17. The third kappa shape index (κ3) is 2.48. The lowest BCUT2D eigenvalue weighted by Crippen LogP contribution is -1.91. The van der Waals surface area contributed by atoms with Gasteiger partial charge in [0.2, 0.25) is 0 Å². The average Bonchev–Trinajstić information content (AvgIpc) is 2.74. The van der Waals surface area contributed by atoms with Gasteiger partial charge in [-0.1, -0.05) is 22.0 Å². The number of aromatic nitrogens is 2. The van der Waals surface area contributed by atoms with E-state index < -0.39 is 0 Å². The Morgan fingerprint density at radius 1 is 1.44 bits per heavy atom. The predicted molar refractivity (Wildman–Crippen MR) is 68.7 cm³/mol. The van der Waals surface area contributed by atoms with E-state index in [4.69, 9.17) is 4.74 Å². The van der Waals surface area contributed by atoms with Crippen molar-refractivity contribution in [1.82, 2.24) is 9.97 Å². The van der Waals surface area contributed by atoms with Gasteiger partial charge < -0.3 is 4.74 Å². The largest absolute Gasteiger partial charge is 0.378 e. The Labute approximate surface area is 107 Å². The zero-order valence-electron chi connectivity index (χ0n) is 8.81. The summed E-state index contributed by atoms with van der Waals surface area (Å²) in [7, 11) is 1.68. The first-order chi connectivity index (χ1) is 7.85. The van der Waals surface area contributed by atoms with Crippen LogP contribution in [-0.4, -0.2) is 17.1 Å². The highest BCUT2D eigenvalue weighted by Gasteiger charge is 2.11. The lowest BCUT2D eigenvalue weighted by molar-refractivity contribution is 0.181. The minimum atomic E-state index is 0.546. The minimum Gasteiger partial charge on any atom is -0.378 e. The third-order valence-corrected chi connectivity index (χ3v) is 4.12. The summed E-state index contributed by atoms with van der Waals surface area (Å²) in [5, 5.41) is 1.75. The fraction of sp³-hybridized carbons (Fsp3) is 0.273. The van der Waals surface area contributed by atoms with E-state index in [1.54, 1.807) is 24.6 Å². The summed E-state index contributed by atoms with van der Waals surface area (Å²) in [5.74, 6) is 0. The van der Waals surface area contributed by atoms with Gasteiger partial charge in [0, 0.05) is 23.5 Å². The maximum atomic E-state index is 5.12. The van der Waals surface area contributed by atoms with Gasteiger partial charge in [0.15, 0.2) is 0 Å². The average molecular weight is 299 g/mol. The number of halogens is 1. The van der Waals surface area contributed by atoms with E-state index in [2.05, 4.69) is 25.9 Å². The summed E-state index contributed by atoms with van der Waals surface area (Å²) in [5.41, 5.74) is 1.90. The van der Waals surface area contributed by atoms with Crippen LogP contribution in [0.2, 0.25) is 0 Å². The van der Waals surface area contributed by atoms with Gasteiger partial charge in [0.1, 0.15) is 5.01 Å². The molecule has 0 bridgehead atoms. The summed E-state index contributed by atoms with van der Waals surface area (Å²) < 4.78 is 5.12. The molecule has 0 saturated heterocycles. The molecule has 0 N–H and O–H groups in total. The van der Waals surface area contributed by atoms with Gasteiger partial charge in [-0.25, -0.2) is 4.98 Å². The van der Waals surface area contributed by atoms with Crippen molar-refractivity contribution in [2.75, 3.05) is 7.11 Å². The molecule has 0 fully saturated rings. The monoisotopic (exact) mass is 298 g/mol. The first-order valence-electron chi connectivity index (χ1n) is 4.80. The maximum Gasteiger partial charge on any atom is 0.142 e. The number of hydrogen-bond acceptors (Lipinski definition) is 4. The Hall–Kier alpha value is -0.780. The van der Waals surface area contributed by atoms with Crippen molar-refractivity contribution in [2.45, 2.75) is 11.9 Å². The van der Waals surface area contributed by atoms with Crippen LogP contribution in [0.4, 0.5) is 0 Å². The zero-order valence-corrected chi connectivity index (χ0v) is 11.2. The van der Waals surface area contributed by atoms with Crippen molar-refractivity contribution in [2.24, 2.45) is 0 Å². The molecular weight excluding hydrogens is 288 g/mol. The Morgan fingerprint density at radius 2 is 2.31 bits per heavy atom. The second-order valence-corrected chi connectivity index (χ2v) is 4.81. The molecule has 0 aromatic carbocycles. The second kappa shape index (κ2) is 5.52. The van der Waals surface area contributed by atoms with Crippen LogP contribution in [0.1, 0.15) is 10.6 Å². The number of thiazole rings is 1. The van der Waals surface area contributed by atoms with E-state index in [0.29, 0.717) is 6.61 Å². The number of rotatable bonds is 4. The molecule has 0 aliphatic carbocycles. The standard InChI is InChI=1S/C11H11BrN2OS/c1-15-7-9-10(6-12)16-11(14-9)8-4-2-3-5-13-8/h2-5H,6-7H2,1H3. The predicted octanol–water partition coefficient (Wildman–Crippen LogP) is 3.25. The molecule has 2 rings (SSSR count). The topological polar surface area (TPSA) is 35.0 Å². The Morgan fingerprint density at radius 3 is 2.94 bits per heavy atom. The molecule has 0 amide bonds. The maximum absolute atomic E-state index is 5.12. The highest BCUT2D eigenvalue weighted by molar-refractivity contribution is 9.08. The van der Waals surface area contributed by atoms with Crippen LogP contribution in [0, 0.1) is 0 Å². The van der Waals surface area contributed by atoms with Crippen molar-refractivity contribution >= 4 is 27.3 Å². The highest BCUT2D eigenvalue weighted by Crippen LogP contribution is 2.28. The van der Waals surface area contributed by atoms with Crippen molar-refractivity contribution in [3.05, 3.63) is 35.0 Å². The molecule has 2 aromatic heterocycles. The van der Waals surface area contributed by atoms with Crippen LogP contribution in [-0.2, 0) is 16.7 Å². The molecule has 0 radical (unpaired) electrons. The van der Waals surface area contributed by atoms with Crippen molar-refractivity contribution < 1.29 is 4.74 Å². The zero-order chi connectivity index (χ0) is 11.4. The van der Waals surface area contributed by atoms with Crippen LogP contribution < -0.4 is 0 Å². The molecule has 0 saturated carbocycles. The molecule has 0 aliphatic heterocycles. The Bertz CT molecular complexity index is 458. The van der Waals surface area contributed by atoms with E-state index in [-0.39, 0.29) is 0 Å². The molecule has 0 atom stereocenters. The summed E-state index contributed by atoms with van der Waals surface area (Å²) in [6.45, 7) is 0.546. The van der Waals surface area contributed by atoms with Gasteiger partial charge in [0.05, 0.1) is 18.0 Å². The summed E-state index contributed by atoms with van der Waals surface area (Å²) in [6.07, 6.45) is 1.78. The lowest BCUT2D eigenvalue weighted by Gasteiger charge is -1.95. The van der Waals surface area contributed by atoms with E-state index in [9.17, 15) is 0 Å². The van der Waals surface area contributed by atoms with E-state index in [0.717, 1.165) is 21.7 Å². The van der Waals surface area contributed by atoms with Crippen LogP contribution in [0.5, 0.6) is 0 Å². The van der Waals surface area contributed by atoms with E-state index >= 15 is 0 Å². The Balaban J connectivity index is 2.36. The van der Waals surface area contributed by atoms with Crippen molar-refractivity contribution in [3.63, 3.8) is 0 Å². The smallest absolute Gasteiger partial charge is 0.142 e. The quantitative estimate of drug-likeness (QED) is 0.813. The van der Waals surface area contributed by atoms with E-state index in [1.165, 1.54) is 4.88 Å². The molecule has 5 heteroatoms. The molecule has 0 aliphatic rings. The number of alkyl halides is 1. The van der Waals surface area contributed by atoms with E-state index in [1.807, 2.05) is 18.2 Å². The van der Waals surface area contributed by atoms with Gasteiger partial charge in [-0.05, 0) is 12.1 Å².